The number of rotatable bonds is 12. The van der Waals surface area contributed by atoms with E-state index < -0.39 is 0 Å². The van der Waals surface area contributed by atoms with Crippen molar-refractivity contribution in [3.63, 3.8) is 0 Å². The summed E-state index contributed by atoms with van der Waals surface area (Å²) in [6.07, 6.45) is 1.05. The van der Waals surface area contributed by atoms with Gasteiger partial charge >= 0.3 is 0 Å². The summed E-state index contributed by atoms with van der Waals surface area (Å²) in [6, 6.07) is 8.00. The highest BCUT2D eigenvalue weighted by molar-refractivity contribution is 5.27. The summed E-state index contributed by atoms with van der Waals surface area (Å²) in [6.45, 7) is 20.5. The smallest absolute Gasteiger partial charge is 0.119 e. The number of ether oxygens (including phenoxy) is 4. The van der Waals surface area contributed by atoms with Crippen molar-refractivity contribution in [2.75, 3.05) is 46.2 Å². The van der Waals surface area contributed by atoms with Crippen molar-refractivity contribution in [3.05, 3.63) is 29.8 Å². The highest BCUT2D eigenvalue weighted by atomic mass is 16.6. The van der Waals surface area contributed by atoms with E-state index in [0.29, 0.717) is 39.6 Å². The lowest BCUT2D eigenvalue weighted by Gasteiger charge is -2.08. The van der Waals surface area contributed by atoms with Gasteiger partial charge in [-0.2, -0.15) is 0 Å². The summed E-state index contributed by atoms with van der Waals surface area (Å²) in [5, 5.41) is 0. The molecule has 0 fully saturated rings. The van der Waals surface area contributed by atoms with Crippen LogP contribution in [-0.2, 0) is 14.2 Å². The second-order valence-electron chi connectivity index (χ2n) is 4.50. The van der Waals surface area contributed by atoms with Gasteiger partial charge in [0.15, 0.2) is 0 Å². The van der Waals surface area contributed by atoms with E-state index in [1.165, 1.54) is 5.56 Å². The summed E-state index contributed by atoms with van der Waals surface area (Å²) < 4.78 is 21.7. The predicted octanol–water partition coefficient (Wildman–Crippen LogP) is 5.91. The fraction of sp³-hybridized carbons (Fsp3) is 0.727. The van der Waals surface area contributed by atoms with Gasteiger partial charge in [-0.15, -0.1) is 0 Å². The van der Waals surface area contributed by atoms with Gasteiger partial charge in [-0.25, -0.2) is 0 Å². The molecule has 0 N–H and O–H groups in total. The fourth-order valence-electron chi connectivity index (χ4n) is 1.61. The van der Waals surface area contributed by atoms with Crippen LogP contribution in [0.2, 0.25) is 0 Å². The summed E-state index contributed by atoms with van der Waals surface area (Å²) in [4.78, 5) is 0. The van der Waals surface area contributed by atoms with Gasteiger partial charge in [-0.1, -0.05) is 60.6 Å². The molecule has 0 saturated heterocycles. The Bertz CT molecular complexity index is 343. The van der Waals surface area contributed by atoms with Crippen LogP contribution in [0.1, 0.15) is 60.5 Å². The van der Waals surface area contributed by atoms with Crippen molar-refractivity contribution in [3.8, 4) is 5.75 Å². The maximum absolute atomic E-state index is 5.57. The van der Waals surface area contributed by atoms with Gasteiger partial charge in [0, 0.05) is 6.61 Å². The molecule has 0 aromatic heterocycles. The Kier molecular flexibility index (Phi) is 32.7. The normalized spacial score (nSPS) is 8.92. The first-order valence-corrected chi connectivity index (χ1v) is 10.3. The lowest BCUT2D eigenvalue weighted by molar-refractivity contribution is 0.00945. The van der Waals surface area contributed by atoms with Crippen LogP contribution in [0.3, 0.4) is 0 Å². The number of hydrogen-bond donors (Lipinski definition) is 0. The molecule has 26 heavy (non-hydrogen) atoms. The minimum absolute atomic E-state index is 0.559. The number of benzene rings is 1. The molecule has 0 unspecified atom stereocenters. The van der Waals surface area contributed by atoms with Crippen LogP contribution < -0.4 is 4.74 Å². The van der Waals surface area contributed by atoms with Crippen LogP contribution in [-0.4, -0.2) is 46.2 Å². The Morgan fingerprint density at radius 1 is 0.654 bits per heavy atom. The largest absolute Gasteiger partial charge is 0.491 e. The molecule has 0 spiro atoms. The first-order valence-electron chi connectivity index (χ1n) is 10.3. The average Bonchev–Trinajstić information content (AvgIpc) is 2.71. The van der Waals surface area contributed by atoms with Crippen molar-refractivity contribution in [2.45, 2.75) is 61.8 Å². The maximum atomic E-state index is 5.57. The Balaban J connectivity index is -0.000000795. The quantitative estimate of drug-likeness (QED) is 0.427. The van der Waals surface area contributed by atoms with Crippen LogP contribution in [0.15, 0.2) is 24.3 Å². The van der Waals surface area contributed by atoms with E-state index in [4.69, 9.17) is 18.9 Å². The zero-order valence-corrected chi connectivity index (χ0v) is 18.6. The van der Waals surface area contributed by atoms with Crippen LogP contribution in [0, 0.1) is 6.92 Å². The molecule has 0 aliphatic rings. The highest BCUT2D eigenvalue weighted by Gasteiger charge is 1.95. The molecule has 4 nitrogen and oxygen atoms in total. The number of hydrogen-bond acceptors (Lipinski definition) is 4. The molecular formula is C22H44O4. The monoisotopic (exact) mass is 372 g/mol. The summed E-state index contributed by atoms with van der Waals surface area (Å²) in [5.41, 5.74) is 1.20. The molecule has 0 aliphatic carbocycles. The van der Waals surface area contributed by atoms with Crippen molar-refractivity contribution < 1.29 is 18.9 Å². The topological polar surface area (TPSA) is 36.9 Å². The summed E-state index contributed by atoms with van der Waals surface area (Å²) in [5.74, 6) is 0.887. The third kappa shape index (κ3) is 22.9. The van der Waals surface area contributed by atoms with Crippen molar-refractivity contribution >= 4 is 0 Å². The average molecular weight is 373 g/mol. The minimum atomic E-state index is 0.559. The molecule has 1 rings (SSSR count). The predicted molar refractivity (Wildman–Crippen MR) is 113 cm³/mol. The fourth-order valence-corrected chi connectivity index (χ4v) is 1.61. The lowest BCUT2D eigenvalue weighted by atomic mass is 10.2. The van der Waals surface area contributed by atoms with Gasteiger partial charge in [0.2, 0.25) is 0 Å². The van der Waals surface area contributed by atoms with Crippen molar-refractivity contribution in [1.82, 2.24) is 0 Å². The zero-order valence-electron chi connectivity index (χ0n) is 18.6. The van der Waals surface area contributed by atoms with Crippen LogP contribution in [0.5, 0.6) is 5.75 Å². The Morgan fingerprint density at radius 3 is 1.58 bits per heavy atom. The molecular weight excluding hydrogens is 328 g/mol. The van der Waals surface area contributed by atoms with Gasteiger partial charge in [0.25, 0.3) is 0 Å². The first kappa shape index (κ1) is 29.7. The summed E-state index contributed by atoms with van der Waals surface area (Å²) in [7, 11) is 0. The summed E-state index contributed by atoms with van der Waals surface area (Å²) >= 11 is 0. The molecule has 0 radical (unpaired) electrons. The standard InChI is InChI=1S/C16H26O4.3C2H6/c1-3-7-17-8-9-18-10-11-19-12-13-20-16-6-4-5-15(2)14-16;3*1-2/h4-6,14H,3,7-13H2,1-2H3;3*1-2H3. The van der Waals surface area contributed by atoms with E-state index in [1.807, 2.05) is 72.7 Å². The van der Waals surface area contributed by atoms with Crippen LogP contribution >= 0.6 is 0 Å². The molecule has 0 heterocycles. The molecule has 4 heteroatoms. The highest BCUT2D eigenvalue weighted by Crippen LogP contribution is 2.11. The Hall–Kier alpha value is -1.10. The molecule has 1 aromatic carbocycles. The van der Waals surface area contributed by atoms with E-state index in [0.717, 1.165) is 18.8 Å². The van der Waals surface area contributed by atoms with E-state index in [-0.39, 0.29) is 0 Å². The Labute approximate surface area is 163 Å². The van der Waals surface area contributed by atoms with Crippen molar-refractivity contribution in [2.24, 2.45) is 0 Å². The van der Waals surface area contributed by atoms with Gasteiger partial charge in [0.1, 0.15) is 12.4 Å². The first-order chi connectivity index (χ1) is 12.8. The van der Waals surface area contributed by atoms with Gasteiger partial charge in [0.05, 0.1) is 33.0 Å². The van der Waals surface area contributed by atoms with E-state index in [9.17, 15) is 0 Å². The lowest BCUT2D eigenvalue weighted by Crippen LogP contribution is -2.12. The van der Waals surface area contributed by atoms with Crippen LogP contribution in [0.4, 0.5) is 0 Å². The molecule has 0 saturated carbocycles. The van der Waals surface area contributed by atoms with Crippen molar-refractivity contribution in [1.29, 1.82) is 0 Å². The second-order valence-corrected chi connectivity index (χ2v) is 4.50. The third-order valence-electron chi connectivity index (χ3n) is 2.58. The maximum Gasteiger partial charge on any atom is 0.119 e. The SMILES string of the molecule is CC.CC.CC.CCCOCCOCCOCCOc1cccc(C)c1. The second kappa shape index (κ2) is 28.7. The van der Waals surface area contributed by atoms with Gasteiger partial charge < -0.3 is 18.9 Å². The number of aryl methyl sites for hydroxylation is 1. The third-order valence-corrected chi connectivity index (χ3v) is 2.58. The van der Waals surface area contributed by atoms with Gasteiger partial charge in [-0.3, -0.25) is 0 Å². The van der Waals surface area contributed by atoms with E-state index in [2.05, 4.69) is 6.92 Å². The Morgan fingerprint density at radius 2 is 1.12 bits per heavy atom. The molecule has 0 bridgehead atoms. The molecule has 1 aromatic rings. The van der Waals surface area contributed by atoms with Crippen LogP contribution in [0.25, 0.3) is 0 Å². The molecule has 0 aliphatic heterocycles. The van der Waals surface area contributed by atoms with E-state index in [1.54, 1.807) is 0 Å². The molecule has 0 amide bonds. The molecule has 156 valence electrons. The molecule has 0 atom stereocenters. The van der Waals surface area contributed by atoms with E-state index >= 15 is 0 Å². The zero-order chi connectivity index (χ0) is 20.5. The minimum Gasteiger partial charge on any atom is -0.491 e. The van der Waals surface area contributed by atoms with Gasteiger partial charge in [-0.05, 0) is 31.0 Å².